The molecule has 2 N–H and O–H groups in total. The molecule has 3 nitrogen and oxygen atoms in total. The van der Waals surface area contributed by atoms with Crippen LogP contribution in [-0.4, -0.2) is 12.5 Å². The summed E-state index contributed by atoms with van der Waals surface area (Å²) in [5, 5.41) is 6.26. The third kappa shape index (κ3) is 3.85. The Morgan fingerprint density at radius 3 is 2.38 bits per heavy atom. The van der Waals surface area contributed by atoms with E-state index in [0.29, 0.717) is 12.1 Å². The first-order valence-corrected chi connectivity index (χ1v) is 7.32. The summed E-state index contributed by atoms with van der Waals surface area (Å²) in [5.41, 5.74) is 4.26. The summed E-state index contributed by atoms with van der Waals surface area (Å²) in [4.78, 5) is 11.7. The molecule has 0 heterocycles. The van der Waals surface area contributed by atoms with Gasteiger partial charge in [-0.15, -0.1) is 0 Å². The Hall–Kier alpha value is -2.29. The van der Waals surface area contributed by atoms with Gasteiger partial charge in [-0.1, -0.05) is 24.3 Å². The van der Waals surface area contributed by atoms with E-state index in [-0.39, 0.29) is 11.9 Å². The Balaban J connectivity index is 2.07. The molecule has 1 atom stereocenters. The van der Waals surface area contributed by atoms with Crippen molar-refractivity contribution in [2.24, 2.45) is 0 Å². The summed E-state index contributed by atoms with van der Waals surface area (Å²) in [6.07, 6.45) is 0. The van der Waals surface area contributed by atoms with Crippen molar-refractivity contribution in [2.75, 3.05) is 11.9 Å². The molecule has 0 saturated heterocycles. The topological polar surface area (TPSA) is 41.1 Å². The number of carbonyl (C=O) groups is 1. The van der Waals surface area contributed by atoms with Gasteiger partial charge in [0.05, 0.1) is 0 Å². The van der Waals surface area contributed by atoms with Crippen LogP contribution in [0, 0.1) is 6.92 Å². The maximum atomic E-state index is 11.7. The molecule has 21 heavy (non-hydrogen) atoms. The molecule has 0 bridgehead atoms. The lowest BCUT2D eigenvalue weighted by Gasteiger charge is -2.18. The minimum absolute atomic E-state index is 0.0315. The van der Waals surface area contributed by atoms with Crippen LogP contribution in [0.1, 0.15) is 41.4 Å². The van der Waals surface area contributed by atoms with Crippen LogP contribution in [0.2, 0.25) is 0 Å². The van der Waals surface area contributed by atoms with Crippen molar-refractivity contribution >= 4 is 11.6 Å². The number of hydrogen-bond acceptors (Lipinski definition) is 2. The highest BCUT2D eigenvalue weighted by Crippen LogP contribution is 2.22. The van der Waals surface area contributed by atoms with Crippen LogP contribution >= 0.6 is 0 Å². The summed E-state index contributed by atoms with van der Waals surface area (Å²) in [5.74, 6) is -0.0315. The highest BCUT2D eigenvalue weighted by atomic mass is 16.1. The predicted molar refractivity (Wildman–Crippen MR) is 87.7 cm³/mol. The lowest BCUT2D eigenvalue weighted by atomic mass is 10.0. The monoisotopic (exact) mass is 282 g/mol. The maximum absolute atomic E-state index is 11.7. The normalized spacial score (nSPS) is 11.8. The SMILES string of the molecule is CCNC(=O)c1ccc(NC(C)c2ccccc2C)cc1. The van der Waals surface area contributed by atoms with E-state index in [0.717, 1.165) is 5.69 Å². The van der Waals surface area contributed by atoms with E-state index in [2.05, 4.69) is 42.7 Å². The van der Waals surface area contributed by atoms with Crippen molar-refractivity contribution in [3.63, 3.8) is 0 Å². The Labute approximate surface area is 126 Å². The number of benzene rings is 2. The molecule has 2 aromatic rings. The van der Waals surface area contributed by atoms with E-state index in [1.54, 1.807) is 0 Å². The first-order valence-electron chi connectivity index (χ1n) is 7.32. The number of hydrogen-bond donors (Lipinski definition) is 2. The van der Waals surface area contributed by atoms with Gasteiger partial charge in [0.2, 0.25) is 0 Å². The average molecular weight is 282 g/mol. The van der Waals surface area contributed by atoms with E-state index >= 15 is 0 Å². The van der Waals surface area contributed by atoms with Crippen molar-refractivity contribution in [1.82, 2.24) is 5.32 Å². The highest BCUT2D eigenvalue weighted by Gasteiger charge is 2.08. The number of nitrogens with one attached hydrogen (secondary N) is 2. The third-order valence-corrected chi connectivity index (χ3v) is 3.52. The van der Waals surface area contributed by atoms with Gasteiger partial charge in [-0.05, 0) is 56.2 Å². The Kier molecular flexibility index (Phi) is 4.99. The molecule has 3 heteroatoms. The van der Waals surface area contributed by atoms with Crippen LogP contribution in [-0.2, 0) is 0 Å². The molecule has 2 aromatic carbocycles. The molecule has 110 valence electrons. The quantitative estimate of drug-likeness (QED) is 0.872. The average Bonchev–Trinajstić information content (AvgIpc) is 2.48. The third-order valence-electron chi connectivity index (χ3n) is 3.52. The van der Waals surface area contributed by atoms with E-state index in [9.17, 15) is 4.79 Å². The fourth-order valence-corrected chi connectivity index (χ4v) is 2.38. The smallest absolute Gasteiger partial charge is 0.251 e. The van der Waals surface area contributed by atoms with Crippen molar-refractivity contribution in [3.8, 4) is 0 Å². The minimum Gasteiger partial charge on any atom is -0.379 e. The van der Waals surface area contributed by atoms with Gasteiger partial charge in [-0.25, -0.2) is 0 Å². The minimum atomic E-state index is -0.0315. The molecule has 0 spiro atoms. The van der Waals surface area contributed by atoms with Gasteiger partial charge in [-0.3, -0.25) is 4.79 Å². The second-order valence-corrected chi connectivity index (χ2v) is 5.16. The zero-order chi connectivity index (χ0) is 15.2. The number of amides is 1. The lowest BCUT2D eigenvalue weighted by Crippen LogP contribution is -2.22. The zero-order valence-corrected chi connectivity index (χ0v) is 12.8. The van der Waals surface area contributed by atoms with Gasteiger partial charge >= 0.3 is 0 Å². The van der Waals surface area contributed by atoms with E-state index in [1.165, 1.54) is 11.1 Å². The maximum Gasteiger partial charge on any atom is 0.251 e. The molecule has 1 amide bonds. The van der Waals surface area contributed by atoms with Crippen LogP contribution in [0.3, 0.4) is 0 Å². The Bertz CT molecular complexity index is 605. The van der Waals surface area contributed by atoms with Crippen molar-refractivity contribution in [3.05, 3.63) is 65.2 Å². The standard InChI is InChI=1S/C18H22N2O/c1-4-19-18(21)15-9-11-16(12-10-15)20-14(3)17-8-6-5-7-13(17)2/h5-12,14,20H,4H2,1-3H3,(H,19,21). The Morgan fingerprint density at radius 2 is 1.76 bits per heavy atom. The van der Waals surface area contributed by atoms with Gasteiger partial charge in [0, 0.05) is 23.8 Å². The molecule has 0 saturated carbocycles. The van der Waals surface area contributed by atoms with Crippen LogP contribution < -0.4 is 10.6 Å². The van der Waals surface area contributed by atoms with Gasteiger partial charge < -0.3 is 10.6 Å². The highest BCUT2D eigenvalue weighted by molar-refractivity contribution is 5.94. The molecular weight excluding hydrogens is 260 g/mol. The summed E-state index contributed by atoms with van der Waals surface area (Å²) < 4.78 is 0. The molecule has 0 aromatic heterocycles. The molecule has 2 rings (SSSR count). The summed E-state index contributed by atoms with van der Waals surface area (Å²) in [6, 6.07) is 16.2. The van der Waals surface area contributed by atoms with Gasteiger partial charge in [0.1, 0.15) is 0 Å². The van der Waals surface area contributed by atoms with Crippen LogP contribution in [0.25, 0.3) is 0 Å². The van der Waals surface area contributed by atoms with Crippen LogP contribution in [0.15, 0.2) is 48.5 Å². The van der Waals surface area contributed by atoms with E-state index in [1.807, 2.05) is 37.3 Å². The molecule has 0 aliphatic heterocycles. The summed E-state index contributed by atoms with van der Waals surface area (Å²) in [7, 11) is 0. The van der Waals surface area contributed by atoms with Crippen LogP contribution in [0.4, 0.5) is 5.69 Å². The van der Waals surface area contributed by atoms with Crippen molar-refractivity contribution < 1.29 is 4.79 Å². The molecule has 0 aliphatic carbocycles. The van der Waals surface area contributed by atoms with Crippen LogP contribution in [0.5, 0.6) is 0 Å². The summed E-state index contributed by atoms with van der Waals surface area (Å²) in [6.45, 7) is 6.81. The Morgan fingerprint density at radius 1 is 1.10 bits per heavy atom. The fourth-order valence-electron chi connectivity index (χ4n) is 2.38. The van der Waals surface area contributed by atoms with Crippen molar-refractivity contribution in [2.45, 2.75) is 26.8 Å². The number of anilines is 1. The summed E-state index contributed by atoms with van der Waals surface area (Å²) >= 11 is 0. The van der Waals surface area contributed by atoms with E-state index < -0.39 is 0 Å². The van der Waals surface area contributed by atoms with E-state index in [4.69, 9.17) is 0 Å². The van der Waals surface area contributed by atoms with Gasteiger partial charge in [-0.2, -0.15) is 0 Å². The first kappa shape index (κ1) is 15.1. The largest absolute Gasteiger partial charge is 0.379 e. The molecular formula is C18H22N2O. The number of carbonyl (C=O) groups excluding carboxylic acids is 1. The fraction of sp³-hybridized carbons (Fsp3) is 0.278. The zero-order valence-electron chi connectivity index (χ0n) is 12.8. The number of rotatable bonds is 5. The molecule has 0 radical (unpaired) electrons. The second-order valence-electron chi connectivity index (χ2n) is 5.16. The number of aryl methyl sites for hydroxylation is 1. The predicted octanol–water partition coefficient (Wildman–Crippen LogP) is 3.92. The molecule has 0 fully saturated rings. The van der Waals surface area contributed by atoms with Crippen molar-refractivity contribution in [1.29, 1.82) is 0 Å². The molecule has 1 unspecified atom stereocenters. The first-order chi connectivity index (χ1) is 10.1. The van der Waals surface area contributed by atoms with Gasteiger partial charge in [0.15, 0.2) is 0 Å². The second kappa shape index (κ2) is 6.93. The molecule has 0 aliphatic rings. The van der Waals surface area contributed by atoms with Gasteiger partial charge in [0.25, 0.3) is 5.91 Å². The lowest BCUT2D eigenvalue weighted by molar-refractivity contribution is 0.0956.